The average molecular weight is 488 g/mol. The van der Waals surface area contributed by atoms with Crippen LogP contribution in [0.3, 0.4) is 0 Å². The Bertz CT molecular complexity index is 1210. The van der Waals surface area contributed by atoms with Crippen molar-refractivity contribution in [3.05, 3.63) is 65.2 Å². The molecule has 0 radical (unpaired) electrons. The van der Waals surface area contributed by atoms with Gasteiger partial charge in [-0.2, -0.15) is 0 Å². The van der Waals surface area contributed by atoms with E-state index in [1.807, 2.05) is 6.08 Å². The summed E-state index contributed by atoms with van der Waals surface area (Å²) in [6.45, 7) is 7.12. The van der Waals surface area contributed by atoms with Crippen molar-refractivity contribution in [2.45, 2.75) is 69.6 Å². The number of nitrogens with one attached hydrogen (secondary N) is 1. The number of piperidine rings is 1. The normalized spacial score (nSPS) is 30.1. The molecule has 6 rings (SSSR count). The third kappa shape index (κ3) is 3.57. The number of hydrogen-bond acceptors (Lipinski definition) is 5. The van der Waals surface area contributed by atoms with E-state index in [9.17, 15) is 10.2 Å². The highest BCUT2D eigenvalue weighted by Crippen LogP contribution is 2.62. The van der Waals surface area contributed by atoms with Crippen LogP contribution in [-0.2, 0) is 18.3 Å². The number of hydrogen-bond donors (Lipinski definition) is 3. The molecule has 0 amide bonds. The zero-order chi connectivity index (χ0) is 24.9. The lowest BCUT2D eigenvalue weighted by molar-refractivity contribution is -0.0516. The average Bonchev–Trinajstić information content (AvgIpc) is 3.25. The van der Waals surface area contributed by atoms with Gasteiger partial charge in [0.1, 0.15) is 18.0 Å². The number of ether oxygens (including phenoxy) is 1. The van der Waals surface area contributed by atoms with Crippen molar-refractivity contribution in [2.75, 3.05) is 25.0 Å². The summed E-state index contributed by atoms with van der Waals surface area (Å²) in [6, 6.07) is 12.7. The number of aromatic hydroxyl groups is 1. The molecule has 3 N–H and O–H groups in total. The number of aliphatic hydroxyl groups excluding tert-OH is 1. The molecule has 1 fully saturated rings. The summed E-state index contributed by atoms with van der Waals surface area (Å²) in [5.41, 5.74) is 4.67. The highest BCUT2D eigenvalue weighted by Gasteiger charge is 2.64. The van der Waals surface area contributed by atoms with Gasteiger partial charge in [0.05, 0.1) is 0 Å². The standard InChI is InChI=1S/C30H37N3O3/c1-3-19-8-5-6-9-22(19)32-26(4-2)31-15-7-16-33-17-14-30-21-11-13-25(35)29(30)36-28-24(34)12-10-20(27(28)30)18-23(21)33/h5-6,8-13,21,23,25,29,34-35H,3-4,7,14-18H2,1-2H3,(H,31,32)/t21-,23+,25-,29-,30-/m0/s1. The lowest BCUT2D eigenvalue weighted by atomic mass is 9.53. The van der Waals surface area contributed by atoms with Gasteiger partial charge in [0, 0.05) is 48.1 Å². The third-order valence-electron chi connectivity index (χ3n) is 8.91. The van der Waals surface area contributed by atoms with Crippen LogP contribution in [0, 0.1) is 5.92 Å². The number of amidine groups is 1. The van der Waals surface area contributed by atoms with E-state index >= 15 is 0 Å². The van der Waals surface area contributed by atoms with Gasteiger partial charge in [0.2, 0.25) is 0 Å². The molecule has 5 atom stereocenters. The number of likely N-dealkylation sites (tertiary alicyclic amines) is 1. The van der Waals surface area contributed by atoms with Crippen molar-refractivity contribution in [1.29, 1.82) is 0 Å². The highest BCUT2D eigenvalue weighted by molar-refractivity contribution is 5.95. The van der Waals surface area contributed by atoms with E-state index in [2.05, 4.69) is 60.5 Å². The minimum Gasteiger partial charge on any atom is -0.504 e. The number of aliphatic hydroxyl groups is 1. The molecule has 0 unspecified atom stereocenters. The smallest absolute Gasteiger partial charge is 0.165 e. The van der Waals surface area contributed by atoms with Crippen LogP contribution in [0.4, 0.5) is 5.69 Å². The summed E-state index contributed by atoms with van der Waals surface area (Å²) in [4.78, 5) is 7.55. The topological polar surface area (TPSA) is 77.3 Å². The van der Waals surface area contributed by atoms with Gasteiger partial charge in [0.25, 0.3) is 0 Å². The number of nitrogens with zero attached hydrogens (tertiary/aromatic N) is 2. The number of aryl methyl sites for hydroxylation is 1. The van der Waals surface area contributed by atoms with E-state index in [-0.39, 0.29) is 23.2 Å². The Labute approximate surface area is 213 Å². The molecule has 2 aromatic carbocycles. The largest absolute Gasteiger partial charge is 0.504 e. The van der Waals surface area contributed by atoms with E-state index in [4.69, 9.17) is 9.73 Å². The number of aliphatic imine (C=N–C) groups is 1. The molecule has 2 aliphatic heterocycles. The molecule has 2 heterocycles. The van der Waals surface area contributed by atoms with Gasteiger partial charge in [-0.1, -0.05) is 50.3 Å². The molecule has 6 nitrogen and oxygen atoms in total. The molecule has 2 bridgehead atoms. The quantitative estimate of drug-likeness (QED) is 0.233. The number of phenolic OH excluding ortho intramolecular Hbond substituents is 1. The second-order valence-electron chi connectivity index (χ2n) is 10.7. The lowest BCUT2D eigenvalue weighted by Crippen LogP contribution is -2.65. The lowest BCUT2D eigenvalue weighted by Gasteiger charge is -2.57. The Morgan fingerprint density at radius 2 is 2.06 bits per heavy atom. The van der Waals surface area contributed by atoms with Crippen molar-refractivity contribution < 1.29 is 14.9 Å². The van der Waals surface area contributed by atoms with E-state index in [0.29, 0.717) is 11.8 Å². The molecule has 6 heteroatoms. The van der Waals surface area contributed by atoms with Gasteiger partial charge in [-0.25, -0.2) is 0 Å². The first-order valence-electron chi connectivity index (χ1n) is 13.6. The molecular formula is C30H37N3O3. The fraction of sp³-hybridized carbons (Fsp3) is 0.500. The van der Waals surface area contributed by atoms with Crippen molar-refractivity contribution >= 4 is 11.5 Å². The predicted molar refractivity (Wildman–Crippen MR) is 143 cm³/mol. The van der Waals surface area contributed by atoms with Gasteiger partial charge in [-0.05, 0) is 55.5 Å². The Morgan fingerprint density at radius 1 is 1.19 bits per heavy atom. The van der Waals surface area contributed by atoms with Crippen molar-refractivity contribution in [2.24, 2.45) is 10.9 Å². The van der Waals surface area contributed by atoms with E-state index in [1.54, 1.807) is 6.07 Å². The molecule has 1 spiro atoms. The van der Waals surface area contributed by atoms with Crippen LogP contribution >= 0.6 is 0 Å². The summed E-state index contributed by atoms with van der Waals surface area (Å²) >= 11 is 0. The first kappa shape index (κ1) is 23.6. The molecule has 0 aromatic heterocycles. The summed E-state index contributed by atoms with van der Waals surface area (Å²) in [7, 11) is 0. The van der Waals surface area contributed by atoms with Gasteiger partial charge in [-0.3, -0.25) is 9.89 Å². The van der Waals surface area contributed by atoms with Gasteiger partial charge in [0.15, 0.2) is 11.5 Å². The first-order chi connectivity index (χ1) is 17.6. The Kier molecular flexibility index (Phi) is 6.05. The SMILES string of the molecule is CCC(=NCCCN1CC[C@]23c4c5ccc(O)c4O[C@H]2[C@@H](O)C=C[C@H]3[C@H]1C5)Nc1ccccc1CC. The minimum absolute atomic E-state index is 0.198. The molecule has 4 aliphatic rings. The Morgan fingerprint density at radius 3 is 2.89 bits per heavy atom. The van der Waals surface area contributed by atoms with Crippen LogP contribution < -0.4 is 10.1 Å². The second-order valence-corrected chi connectivity index (χ2v) is 10.7. The van der Waals surface area contributed by atoms with Crippen LogP contribution in [-0.4, -0.2) is 58.8 Å². The predicted octanol–water partition coefficient (Wildman–Crippen LogP) is 4.44. The van der Waals surface area contributed by atoms with Crippen LogP contribution in [0.2, 0.25) is 0 Å². The number of phenols is 1. The summed E-state index contributed by atoms with van der Waals surface area (Å²) in [6.07, 6.45) is 7.97. The van der Waals surface area contributed by atoms with E-state index < -0.39 is 6.10 Å². The Hall–Kier alpha value is -2.83. The monoisotopic (exact) mass is 487 g/mol. The molecular weight excluding hydrogens is 450 g/mol. The van der Waals surface area contributed by atoms with Crippen molar-refractivity contribution in [3.63, 3.8) is 0 Å². The Balaban J connectivity index is 1.17. The molecule has 36 heavy (non-hydrogen) atoms. The number of anilines is 1. The van der Waals surface area contributed by atoms with E-state index in [1.165, 1.54) is 11.1 Å². The molecule has 1 saturated heterocycles. The van der Waals surface area contributed by atoms with Crippen LogP contribution in [0.1, 0.15) is 49.8 Å². The fourth-order valence-corrected chi connectivity index (χ4v) is 7.24. The first-order valence-corrected chi connectivity index (χ1v) is 13.6. The minimum atomic E-state index is -0.640. The molecule has 190 valence electrons. The van der Waals surface area contributed by atoms with Crippen molar-refractivity contribution in [3.8, 4) is 11.5 Å². The zero-order valence-electron chi connectivity index (χ0n) is 21.3. The molecule has 2 aromatic rings. The molecule has 0 saturated carbocycles. The van der Waals surface area contributed by atoms with Gasteiger partial charge in [-0.15, -0.1) is 0 Å². The van der Waals surface area contributed by atoms with Crippen molar-refractivity contribution in [1.82, 2.24) is 4.90 Å². The van der Waals surface area contributed by atoms with Crippen LogP contribution in [0.25, 0.3) is 0 Å². The maximum Gasteiger partial charge on any atom is 0.165 e. The fourth-order valence-electron chi connectivity index (χ4n) is 7.24. The summed E-state index contributed by atoms with van der Waals surface area (Å²) < 4.78 is 6.26. The number of rotatable bonds is 7. The second kappa shape index (κ2) is 9.24. The van der Waals surface area contributed by atoms with Gasteiger partial charge < -0.3 is 20.3 Å². The van der Waals surface area contributed by atoms with Gasteiger partial charge >= 0.3 is 0 Å². The number of benzene rings is 2. The molecule has 2 aliphatic carbocycles. The third-order valence-corrected chi connectivity index (χ3v) is 8.91. The summed E-state index contributed by atoms with van der Waals surface area (Å²) in [5, 5.41) is 24.9. The number of para-hydroxylation sites is 1. The summed E-state index contributed by atoms with van der Waals surface area (Å²) in [5.74, 6) is 2.14. The van der Waals surface area contributed by atoms with Crippen LogP contribution in [0.5, 0.6) is 11.5 Å². The zero-order valence-corrected chi connectivity index (χ0v) is 21.3. The highest BCUT2D eigenvalue weighted by atomic mass is 16.5. The maximum absolute atomic E-state index is 10.8. The van der Waals surface area contributed by atoms with Crippen LogP contribution in [0.15, 0.2) is 53.5 Å². The van der Waals surface area contributed by atoms with E-state index in [0.717, 1.165) is 68.8 Å². The maximum atomic E-state index is 10.8.